The molecule has 1 heterocycles. The van der Waals surface area contributed by atoms with Crippen LogP contribution >= 0.6 is 11.3 Å². The molecule has 1 unspecified atom stereocenters. The van der Waals surface area contributed by atoms with Gasteiger partial charge in [-0.1, -0.05) is 48.5 Å². The number of hydrogen-bond donors (Lipinski definition) is 3. The molecule has 0 spiro atoms. The number of hydrogen-bond acceptors (Lipinski definition) is 5. The topological polar surface area (TPSA) is 113 Å². The summed E-state index contributed by atoms with van der Waals surface area (Å²) < 4.78 is 28.0. The standard InChI is InChI=1S/C21H18N2O5S2/c24-19(22-15-9-5-2-6-10-15)17-11-12-18(29-17)30(27,28)23-21(20(25)26)13-16(21)14-7-3-1-4-8-14/h1-12,16,23H,13H2,(H,22,24)(H,25,26)/t16-,21?/m0/s1. The number of carbonyl (C=O) groups excluding carboxylic acids is 1. The molecule has 3 N–H and O–H groups in total. The summed E-state index contributed by atoms with van der Waals surface area (Å²) in [5, 5.41) is 12.4. The molecule has 0 saturated heterocycles. The van der Waals surface area contributed by atoms with E-state index in [1.165, 1.54) is 12.1 Å². The number of carboxylic acids is 1. The maximum Gasteiger partial charge on any atom is 0.325 e. The average Bonchev–Trinajstić information content (AvgIpc) is 3.22. The number of amides is 1. The van der Waals surface area contributed by atoms with Crippen LogP contribution in [0.1, 0.15) is 27.6 Å². The average molecular weight is 443 g/mol. The third kappa shape index (κ3) is 3.87. The van der Waals surface area contributed by atoms with Crippen LogP contribution in [0, 0.1) is 0 Å². The van der Waals surface area contributed by atoms with Crippen LogP contribution in [0.3, 0.4) is 0 Å². The van der Waals surface area contributed by atoms with Crippen LogP contribution in [-0.4, -0.2) is 30.9 Å². The van der Waals surface area contributed by atoms with Crippen molar-refractivity contribution in [2.75, 3.05) is 5.32 Å². The van der Waals surface area contributed by atoms with Gasteiger partial charge in [0.25, 0.3) is 15.9 Å². The molecule has 0 aliphatic heterocycles. The van der Waals surface area contributed by atoms with Gasteiger partial charge in [0.15, 0.2) is 0 Å². The number of para-hydroxylation sites is 1. The Morgan fingerprint density at radius 2 is 1.60 bits per heavy atom. The molecule has 2 aromatic carbocycles. The highest BCUT2D eigenvalue weighted by atomic mass is 32.2. The van der Waals surface area contributed by atoms with E-state index in [9.17, 15) is 23.1 Å². The number of rotatable bonds is 7. The van der Waals surface area contributed by atoms with Crippen molar-refractivity contribution in [2.24, 2.45) is 0 Å². The van der Waals surface area contributed by atoms with Crippen LogP contribution in [0.25, 0.3) is 0 Å². The van der Waals surface area contributed by atoms with Crippen molar-refractivity contribution in [2.45, 2.75) is 22.1 Å². The van der Waals surface area contributed by atoms with Crippen molar-refractivity contribution in [3.8, 4) is 0 Å². The van der Waals surface area contributed by atoms with Crippen LogP contribution < -0.4 is 10.0 Å². The maximum absolute atomic E-state index is 12.9. The summed E-state index contributed by atoms with van der Waals surface area (Å²) in [7, 11) is -4.12. The zero-order chi connectivity index (χ0) is 21.4. The molecule has 0 bridgehead atoms. The number of carboxylic acid groups (broad SMARTS) is 1. The third-order valence-electron chi connectivity index (χ3n) is 4.96. The lowest BCUT2D eigenvalue weighted by Gasteiger charge is -2.14. The Kier molecular flexibility index (Phi) is 5.19. The summed E-state index contributed by atoms with van der Waals surface area (Å²) >= 11 is 0.789. The predicted octanol–water partition coefficient (Wildman–Crippen LogP) is 3.29. The van der Waals surface area contributed by atoms with Crippen LogP contribution in [-0.2, 0) is 14.8 Å². The summed E-state index contributed by atoms with van der Waals surface area (Å²) in [4.78, 5) is 24.5. The second-order valence-corrected chi connectivity index (χ2v) is 9.98. The molecule has 3 aromatic rings. The van der Waals surface area contributed by atoms with Crippen molar-refractivity contribution in [1.29, 1.82) is 0 Å². The summed E-state index contributed by atoms with van der Waals surface area (Å²) in [5.41, 5.74) is -0.236. The molecular weight excluding hydrogens is 424 g/mol. The molecule has 1 saturated carbocycles. The first-order chi connectivity index (χ1) is 14.3. The van der Waals surface area contributed by atoms with Gasteiger partial charge in [0, 0.05) is 11.6 Å². The van der Waals surface area contributed by atoms with Crippen molar-refractivity contribution in [3.05, 3.63) is 83.2 Å². The fraction of sp³-hybridized carbons (Fsp3) is 0.143. The van der Waals surface area contributed by atoms with Crippen LogP contribution in [0.4, 0.5) is 5.69 Å². The van der Waals surface area contributed by atoms with E-state index in [0.717, 1.165) is 16.9 Å². The number of benzene rings is 2. The number of thiophene rings is 1. The molecule has 4 rings (SSSR count). The van der Waals surface area contributed by atoms with E-state index >= 15 is 0 Å². The highest BCUT2D eigenvalue weighted by Gasteiger charge is 2.63. The smallest absolute Gasteiger partial charge is 0.325 e. The molecule has 2 atom stereocenters. The second-order valence-electron chi connectivity index (χ2n) is 6.99. The van der Waals surface area contributed by atoms with E-state index in [1.54, 1.807) is 48.5 Å². The minimum Gasteiger partial charge on any atom is -0.480 e. The Hall–Kier alpha value is -3.01. The second kappa shape index (κ2) is 7.67. The number of carbonyl (C=O) groups is 2. The zero-order valence-electron chi connectivity index (χ0n) is 15.6. The molecule has 1 aromatic heterocycles. The number of anilines is 1. The minimum atomic E-state index is -4.12. The quantitative estimate of drug-likeness (QED) is 0.520. The Morgan fingerprint density at radius 3 is 2.23 bits per heavy atom. The molecule has 1 aliphatic carbocycles. The molecule has 9 heteroatoms. The Labute approximate surface area is 177 Å². The van der Waals surface area contributed by atoms with Gasteiger partial charge in [0.1, 0.15) is 9.75 Å². The molecule has 1 aliphatic rings. The van der Waals surface area contributed by atoms with Gasteiger partial charge in [-0.05, 0) is 36.2 Å². The van der Waals surface area contributed by atoms with Gasteiger partial charge in [-0.2, -0.15) is 4.72 Å². The minimum absolute atomic E-state index is 0.111. The molecule has 0 radical (unpaired) electrons. The first-order valence-electron chi connectivity index (χ1n) is 9.10. The van der Waals surface area contributed by atoms with Gasteiger partial charge >= 0.3 is 5.97 Å². The number of sulfonamides is 1. The number of nitrogens with one attached hydrogen (secondary N) is 2. The SMILES string of the molecule is O=C(Nc1ccccc1)c1ccc(S(=O)(=O)NC2(C(=O)O)C[C@H]2c2ccccc2)s1. The normalized spacial score (nSPS) is 20.5. The van der Waals surface area contributed by atoms with E-state index < -0.39 is 33.4 Å². The monoisotopic (exact) mass is 442 g/mol. The lowest BCUT2D eigenvalue weighted by molar-refractivity contribution is -0.140. The highest BCUT2D eigenvalue weighted by Crippen LogP contribution is 2.52. The Bertz CT molecular complexity index is 1190. The number of aliphatic carboxylic acids is 1. The summed E-state index contributed by atoms with van der Waals surface area (Å²) in [5.74, 6) is -2.11. The van der Waals surface area contributed by atoms with Gasteiger partial charge in [0.05, 0.1) is 4.88 Å². The molecule has 7 nitrogen and oxygen atoms in total. The van der Waals surface area contributed by atoms with Crippen molar-refractivity contribution in [1.82, 2.24) is 4.72 Å². The van der Waals surface area contributed by atoms with Gasteiger partial charge in [-0.3, -0.25) is 9.59 Å². The lowest BCUT2D eigenvalue weighted by atomic mass is 10.1. The first kappa shape index (κ1) is 20.3. The van der Waals surface area contributed by atoms with Gasteiger partial charge < -0.3 is 10.4 Å². The fourth-order valence-corrected chi connectivity index (χ4v) is 5.94. The third-order valence-corrected chi connectivity index (χ3v) is 8.05. The Balaban J connectivity index is 1.53. The predicted molar refractivity (Wildman–Crippen MR) is 113 cm³/mol. The molecule has 154 valence electrons. The van der Waals surface area contributed by atoms with Crippen LogP contribution in [0.2, 0.25) is 0 Å². The first-order valence-corrected chi connectivity index (χ1v) is 11.4. The van der Waals surface area contributed by atoms with Gasteiger partial charge in [0.2, 0.25) is 0 Å². The van der Waals surface area contributed by atoms with Gasteiger partial charge in [-0.25, -0.2) is 8.42 Å². The van der Waals surface area contributed by atoms with Crippen molar-refractivity contribution < 1.29 is 23.1 Å². The summed E-state index contributed by atoms with van der Waals surface area (Å²) in [6, 6.07) is 20.5. The van der Waals surface area contributed by atoms with E-state index in [1.807, 2.05) is 12.1 Å². The molecule has 1 amide bonds. The summed E-state index contributed by atoms with van der Waals surface area (Å²) in [6.07, 6.45) is 0.165. The van der Waals surface area contributed by atoms with E-state index in [2.05, 4.69) is 10.0 Å². The van der Waals surface area contributed by atoms with Crippen LogP contribution in [0.15, 0.2) is 77.0 Å². The highest BCUT2D eigenvalue weighted by molar-refractivity contribution is 7.91. The van der Waals surface area contributed by atoms with E-state index in [0.29, 0.717) is 5.69 Å². The lowest BCUT2D eigenvalue weighted by Crippen LogP contribution is -2.44. The zero-order valence-corrected chi connectivity index (χ0v) is 17.2. The van der Waals surface area contributed by atoms with Crippen molar-refractivity contribution >= 4 is 38.9 Å². The van der Waals surface area contributed by atoms with E-state index in [4.69, 9.17) is 0 Å². The molecule has 30 heavy (non-hydrogen) atoms. The summed E-state index contributed by atoms with van der Waals surface area (Å²) in [6.45, 7) is 0. The molecule has 1 fully saturated rings. The van der Waals surface area contributed by atoms with E-state index in [-0.39, 0.29) is 15.5 Å². The van der Waals surface area contributed by atoms with Crippen molar-refractivity contribution in [3.63, 3.8) is 0 Å². The fourth-order valence-electron chi connectivity index (χ4n) is 3.33. The maximum atomic E-state index is 12.9. The molecular formula is C21H18N2O5S2. The largest absolute Gasteiger partial charge is 0.480 e. The van der Waals surface area contributed by atoms with Gasteiger partial charge in [-0.15, -0.1) is 11.3 Å². The Morgan fingerprint density at radius 1 is 0.967 bits per heavy atom. The van der Waals surface area contributed by atoms with Crippen LogP contribution in [0.5, 0.6) is 0 Å².